The SMILES string of the molecule is CCOc1cc(C#CCOC(C)C)cnc1/C(C=NCC1OCC(C)(C)CO1)=N/N. The minimum atomic E-state index is -0.377. The second-order valence-corrected chi connectivity index (χ2v) is 7.89. The summed E-state index contributed by atoms with van der Waals surface area (Å²) in [4.78, 5) is 8.80. The molecule has 164 valence electrons. The zero-order chi connectivity index (χ0) is 22.0. The van der Waals surface area contributed by atoms with Crippen LogP contribution in [0.5, 0.6) is 5.75 Å². The first-order valence-corrected chi connectivity index (χ1v) is 10.1. The first kappa shape index (κ1) is 23.8. The van der Waals surface area contributed by atoms with E-state index in [0.717, 1.165) is 5.56 Å². The quantitative estimate of drug-likeness (QED) is 0.302. The van der Waals surface area contributed by atoms with E-state index in [1.165, 1.54) is 0 Å². The molecule has 0 unspecified atom stereocenters. The Labute approximate surface area is 178 Å². The third-order valence-electron chi connectivity index (χ3n) is 4.04. The highest BCUT2D eigenvalue weighted by molar-refractivity contribution is 6.38. The van der Waals surface area contributed by atoms with Crippen LogP contribution in [-0.4, -0.2) is 62.3 Å². The molecule has 0 bridgehead atoms. The third kappa shape index (κ3) is 7.75. The molecule has 1 aliphatic rings. The van der Waals surface area contributed by atoms with Gasteiger partial charge < -0.3 is 24.8 Å². The van der Waals surface area contributed by atoms with Gasteiger partial charge in [-0.1, -0.05) is 25.7 Å². The minimum Gasteiger partial charge on any atom is -0.491 e. The van der Waals surface area contributed by atoms with E-state index >= 15 is 0 Å². The molecule has 0 amide bonds. The van der Waals surface area contributed by atoms with Gasteiger partial charge in [0.2, 0.25) is 0 Å². The van der Waals surface area contributed by atoms with Crippen LogP contribution < -0.4 is 10.6 Å². The molecule has 2 rings (SSSR count). The van der Waals surface area contributed by atoms with Crippen LogP contribution in [0.4, 0.5) is 0 Å². The number of nitrogens with two attached hydrogens (primary N) is 1. The topological polar surface area (TPSA) is 101 Å². The maximum Gasteiger partial charge on any atom is 0.176 e. The van der Waals surface area contributed by atoms with Crippen molar-refractivity contribution in [2.75, 3.05) is 33.0 Å². The Kier molecular flexibility index (Phi) is 9.24. The fourth-order valence-electron chi connectivity index (χ4n) is 2.53. The Bertz CT molecular complexity index is 799. The van der Waals surface area contributed by atoms with Gasteiger partial charge in [0.05, 0.1) is 38.7 Å². The number of pyridine rings is 1. The predicted octanol–water partition coefficient (Wildman–Crippen LogP) is 2.39. The first-order valence-electron chi connectivity index (χ1n) is 10.1. The van der Waals surface area contributed by atoms with Gasteiger partial charge in [0.25, 0.3) is 0 Å². The molecule has 1 aliphatic heterocycles. The Hall–Kier alpha value is -2.47. The first-order chi connectivity index (χ1) is 14.3. The van der Waals surface area contributed by atoms with Crippen molar-refractivity contribution in [3.8, 4) is 17.6 Å². The number of hydrogen-bond donors (Lipinski definition) is 1. The summed E-state index contributed by atoms with van der Waals surface area (Å²) in [6, 6.07) is 1.81. The fourth-order valence-corrected chi connectivity index (χ4v) is 2.53. The van der Waals surface area contributed by atoms with Crippen LogP contribution in [-0.2, 0) is 14.2 Å². The van der Waals surface area contributed by atoms with Crippen LogP contribution in [0.2, 0.25) is 0 Å². The largest absolute Gasteiger partial charge is 0.491 e. The highest BCUT2D eigenvalue weighted by Gasteiger charge is 2.27. The van der Waals surface area contributed by atoms with Gasteiger partial charge >= 0.3 is 0 Å². The van der Waals surface area contributed by atoms with Crippen molar-refractivity contribution in [1.29, 1.82) is 0 Å². The molecule has 1 saturated heterocycles. The van der Waals surface area contributed by atoms with Crippen LogP contribution in [0.15, 0.2) is 22.4 Å². The summed E-state index contributed by atoms with van der Waals surface area (Å²) >= 11 is 0. The van der Waals surface area contributed by atoms with Crippen LogP contribution in [0.25, 0.3) is 0 Å². The van der Waals surface area contributed by atoms with E-state index in [0.29, 0.717) is 50.1 Å². The number of aromatic nitrogens is 1. The van der Waals surface area contributed by atoms with Crippen LogP contribution in [0.3, 0.4) is 0 Å². The summed E-state index contributed by atoms with van der Waals surface area (Å²) in [7, 11) is 0. The van der Waals surface area contributed by atoms with Crippen LogP contribution in [0, 0.1) is 17.3 Å². The Balaban J connectivity index is 2.07. The average Bonchev–Trinajstić information content (AvgIpc) is 2.70. The Morgan fingerprint density at radius 3 is 2.77 bits per heavy atom. The molecule has 0 radical (unpaired) electrons. The molecule has 8 heteroatoms. The average molecular weight is 417 g/mol. The number of hydrazone groups is 1. The zero-order valence-corrected chi connectivity index (χ0v) is 18.5. The van der Waals surface area contributed by atoms with E-state index in [1.54, 1.807) is 12.4 Å². The van der Waals surface area contributed by atoms with Gasteiger partial charge in [-0.2, -0.15) is 5.10 Å². The van der Waals surface area contributed by atoms with Gasteiger partial charge in [-0.15, -0.1) is 0 Å². The molecule has 0 aliphatic carbocycles. The molecule has 2 N–H and O–H groups in total. The zero-order valence-electron chi connectivity index (χ0n) is 18.5. The van der Waals surface area contributed by atoms with E-state index in [-0.39, 0.29) is 17.8 Å². The van der Waals surface area contributed by atoms with E-state index in [4.69, 9.17) is 24.8 Å². The fraction of sp³-hybridized carbons (Fsp3) is 0.591. The standard InChI is InChI=1S/C22H32N4O4/c1-6-27-19-10-17(8-7-9-28-16(2)3)11-25-21(19)18(26-23)12-24-13-20-29-14-22(4,5)15-30-20/h10-12,16,20H,6,9,13-15,23H2,1-5H3/b24-12?,26-18+. The molecular formula is C22H32N4O4. The predicted molar refractivity (Wildman–Crippen MR) is 117 cm³/mol. The molecule has 0 spiro atoms. The molecule has 1 aromatic rings. The third-order valence-corrected chi connectivity index (χ3v) is 4.04. The van der Waals surface area contributed by atoms with Crippen molar-refractivity contribution in [2.45, 2.75) is 47.0 Å². The summed E-state index contributed by atoms with van der Waals surface area (Å²) in [6.45, 7) is 12.4. The normalized spacial score (nSPS) is 17.2. The van der Waals surface area contributed by atoms with Gasteiger partial charge in [-0.05, 0) is 26.8 Å². The lowest BCUT2D eigenvalue weighted by Gasteiger charge is -2.33. The van der Waals surface area contributed by atoms with Crippen molar-refractivity contribution < 1.29 is 18.9 Å². The smallest absolute Gasteiger partial charge is 0.176 e. The monoisotopic (exact) mass is 416 g/mol. The van der Waals surface area contributed by atoms with Gasteiger partial charge in [-0.3, -0.25) is 4.99 Å². The molecule has 2 heterocycles. The van der Waals surface area contributed by atoms with Crippen molar-refractivity contribution in [3.63, 3.8) is 0 Å². The summed E-state index contributed by atoms with van der Waals surface area (Å²) in [5, 5.41) is 3.82. The number of nitrogens with zero attached hydrogens (tertiary/aromatic N) is 3. The molecule has 0 saturated carbocycles. The molecule has 0 atom stereocenters. The van der Waals surface area contributed by atoms with Crippen LogP contribution >= 0.6 is 0 Å². The molecule has 8 nitrogen and oxygen atoms in total. The van der Waals surface area contributed by atoms with Gasteiger partial charge in [0.1, 0.15) is 23.8 Å². The lowest BCUT2D eigenvalue weighted by molar-refractivity contribution is -0.215. The summed E-state index contributed by atoms with van der Waals surface area (Å²) in [5.74, 6) is 12.1. The second-order valence-electron chi connectivity index (χ2n) is 7.89. The van der Waals surface area contributed by atoms with Gasteiger partial charge in [0, 0.05) is 17.2 Å². The number of ether oxygens (including phenoxy) is 4. The van der Waals surface area contributed by atoms with E-state index in [1.807, 2.05) is 26.8 Å². The Morgan fingerprint density at radius 1 is 1.40 bits per heavy atom. The molecular weight excluding hydrogens is 384 g/mol. The van der Waals surface area contributed by atoms with E-state index < -0.39 is 0 Å². The maximum atomic E-state index is 5.72. The van der Waals surface area contributed by atoms with Crippen molar-refractivity contribution >= 4 is 11.9 Å². The summed E-state index contributed by atoms with van der Waals surface area (Å²) < 4.78 is 22.5. The minimum absolute atomic E-state index is 0.0198. The highest BCUT2D eigenvalue weighted by Crippen LogP contribution is 2.23. The highest BCUT2D eigenvalue weighted by atomic mass is 16.7. The summed E-state index contributed by atoms with van der Waals surface area (Å²) in [5.41, 5.74) is 1.64. The second kappa shape index (κ2) is 11.6. The van der Waals surface area contributed by atoms with Gasteiger partial charge in [0.15, 0.2) is 6.29 Å². The van der Waals surface area contributed by atoms with E-state index in [2.05, 4.69) is 40.8 Å². The molecule has 0 aromatic carbocycles. The molecule has 1 aromatic heterocycles. The Morgan fingerprint density at radius 2 is 2.13 bits per heavy atom. The van der Waals surface area contributed by atoms with Gasteiger partial charge in [-0.25, -0.2) is 4.98 Å². The van der Waals surface area contributed by atoms with E-state index in [9.17, 15) is 0 Å². The lowest BCUT2D eigenvalue weighted by Crippen LogP contribution is -2.39. The number of rotatable bonds is 8. The summed E-state index contributed by atoms with van der Waals surface area (Å²) in [6.07, 6.45) is 2.96. The van der Waals surface area contributed by atoms with Crippen molar-refractivity contribution in [3.05, 3.63) is 23.5 Å². The maximum absolute atomic E-state index is 5.72. The van der Waals surface area contributed by atoms with Crippen molar-refractivity contribution in [2.24, 2.45) is 21.4 Å². The number of hydrogen-bond acceptors (Lipinski definition) is 8. The van der Waals surface area contributed by atoms with Crippen molar-refractivity contribution in [1.82, 2.24) is 4.98 Å². The van der Waals surface area contributed by atoms with Crippen LogP contribution in [0.1, 0.15) is 45.9 Å². The lowest BCUT2D eigenvalue weighted by atomic mass is 9.96. The number of aliphatic imine (C=N–C) groups is 1. The molecule has 1 fully saturated rings. The molecule has 30 heavy (non-hydrogen) atoms.